The molecular weight excluding hydrogens is 280 g/mol. The van der Waals surface area contributed by atoms with Crippen LogP contribution in [-0.2, 0) is 0 Å². The predicted molar refractivity (Wildman–Crippen MR) is 83.0 cm³/mol. The first kappa shape index (κ1) is 10.6. The van der Waals surface area contributed by atoms with Gasteiger partial charge in [-0.2, -0.15) is 0 Å². The molecular formula is C18H8O4. The van der Waals surface area contributed by atoms with Crippen LogP contribution in [0.5, 0.6) is 0 Å². The average molecular weight is 288 g/mol. The van der Waals surface area contributed by atoms with Gasteiger partial charge in [-0.05, 0) is 18.2 Å². The number of furan rings is 4. The summed E-state index contributed by atoms with van der Waals surface area (Å²) < 4.78 is 22.8. The fourth-order valence-corrected chi connectivity index (χ4v) is 3.54. The highest BCUT2D eigenvalue weighted by atomic mass is 16.3. The zero-order valence-corrected chi connectivity index (χ0v) is 11.3. The Hall–Kier alpha value is -3.14. The van der Waals surface area contributed by atoms with Gasteiger partial charge in [0.25, 0.3) is 0 Å². The first-order valence-corrected chi connectivity index (χ1v) is 6.98. The lowest BCUT2D eigenvalue weighted by Gasteiger charge is -2.04. The smallest absolute Gasteiger partial charge is 0.146 e. The van der Waals surface area contributed by atoms with E-state index < -0.39 is 0 Å². The third kappa shape index (κ3) is 1.01. The lowest BCUT2D eigenvalue weighted by atomic mass is 9.98. The Bertz CT molecular complexity index is 1120. The Morgan fingerprint density at radius 3 is 1.64 bits per heavy atom. The van der Waals surface area contributed by atoms with Gasteiger partial charge in [-0.1, -0.05) is 0 Å². The molecule has 4 nitrogen and oxygen atoms in total. The van der Waals surface area contributed by atoms with E-state index in [0.717, 1.165) is 54.5 Å². The molecule has 2 aromatic carbocycles. The molecule has 0 amide bonds. The van der Waals surface area contributed by atoms with Crippen LogP contribution in [0.25, 0.3) is 54.5 Å². The Morgan fingerprint density at radius 1 is 0.500 bits per heavy atom. The van der Waals surface area contributed by atoms with Crippen molar-refractivity contribution in [2.75, 3.05) is 0 Å². The molecule has 0 aliphatic rings. The van der Waals surface area contributed by atoms with E-state index in [2.05, 4.69) is 0 Å². The highest BCUT2D eigenvalue weighted by Gasteiger charge is 2.21. The minimum Gasteiger partial charge on any atom is -0.471 e. The molecule has 0 aliphatic heterocycles. The lowest BCUT2D eigenvalue weighted by Crippen LogP contribution is -1.80. The predicted octanol–water partition coefficient (Wildman–Crippen LogP) is 5.82. The standard InChI is InChI=1S/C18H8O4/c1-4-20-16-9(1)10-2-5-21-17(10)15-14(16)13-8-19-7-12(13)11-3-6-22-18(11)15/h1-8H. The van der Waals surface area contributed by atoms with Crippen LogP contribution in [0.1, 0.15) is 0 Å². The number of benzene rings is 2. The fraction of sp³-hybridized carbons (Fsp3) is 0. The Morgan fingerprint density at radius 2 is 1.00 bits per heavy atom. The van der Waals surface area contributed by atoms with Crippen LogP contribution in [0.2, 0.25) is 0 Å². The van der Waals surface area contributed by atoms with Crippen molar-refractivity contribution in [1.29, 1.82) is 0 Å². The van der Waals surface area contributed by atoms with Crippen LogP contribution in [0.15, 0.2) is 67.2 Å². The highest BCUT2D eigenvalue weighted by molar-refractivity contribution is 6.36. The normalized spacial score (nSPS) is 12.5. The topological polar surface area (TPSA) is 52.6 Å². The van der Waals surface area contributed by atoms with Gasteiger partial charge in [0.05, 0.1) is 36.7 Å². The summed E-state index contributed by atoms with van der Waals surface area (Å²) in [4.78, 5) is 0. The largest absolute Gasteiger partial charge is 0.471 e. The molecule has 0 saturated carbocycles. The van der Waals surface area contributed by atoms with Crippen molar-refractivity contribution in [2.24, 2.45) is 0 Å². The molecule has 0 fully saturated rings. The van der Waals surface area contributed by atoms with E-state index in [1.54, 1.807) is 31.3 Å². The van der Waals surface area contributed by atoms with Gasteiger partial charge in [0.1, 0.15) is 16.7 Å². The van der Waals surface area contributed by atoms with E-state index in [0.29, 0.717) is 0 Å². The van der Waals surface area contributed by atoms with Gasteiger partial charge in [0.15, 0.2) is 0 Å². The van der Waals surface area contributed by atoms with Crippen LogP contribution in [0.4, 0.5) is 0 Å². The highest BCUT2D eigenvalue weighted by Crippen LogP contribution is 2.44. The Labute approximate surface area is 122 Å². The summed E-state index contributed by atoms with van der Waals surface area (Å²) in [6.07, 6.45) is 8.59. The quantitative estimate of drug-likeness (QED) is 0.353. The number of rotatable bonds is 0. The maximum absolute atomic E-state index is 5.79. The zero-order chi connectivity index (χ0) is 14.3. The monoisotopic (exact) mass is 288 g/mol. The summed E-state index contributed by atoms with van der Waals surface area (Å²) in [5.41, 5.74) is 2.43. The maximum atomic E-state index is 5.79. The first-order valence-electron chi connectivity index (χ1n) is 6.98. The van der Waals surface area contributed by atoms with Gasteiger partial charge in [-0.15, -0.1) is 0 Å². The van der Waals surface area contributed by atoms with Gasteiger partial charge in [0.2, 0.25) is 0 Å². The Kier molecular flexibility index (Phi) is 1.61. The molecule has 4 aromatic heterocycles. The molecule has 0 spiro atoms. The van der Waals surface area contributed by atoms with Crippen LogP contribution in [0.3, 0.4) is 0 Å². The molecule has 0 unspecified atom stereocenters. The molecule has 4 heteroatoms. The number of hydrogen-bond acceptors (Lipinski definition) is 4. The molecule has 0 aliphatic carbocycles. The van der Waals surface area contributed by atoms with Crippen LogP contribution in [0, 0.1) is 0 Å². The van der Waals surface area contributed by atoms with Crippen molar-refractivity contribution in [2.45, 2.75) is 0 Å². The second kappa shape index (κ2) is 3.36. The van der Waals surface area contributed by atoms with Crippen molar-refractivity contribution in [3.8, 4) is 0 Å². The number of fused-ring (bicyclic) bond motifs is 11. The van der Waals surface area contributed by atoms with E-state index in [9.17, 15) is 0 Å². The van der Waals surface area contributed by atoms with E-state index in [4.69, 9.17) is 17.7 Å². The minimum atomic E-state index is 0.794. The molecule has 0 saturated heterocycles. The van der Waals surface area contributed by atoms with Crippen molar-refractivity contribution in [3.63, 3.8) is 0 Å². The summed E-state index contributed by atoms with van der Waals surface area (Å²) in [7, 11) is 0. The van der Waals surface area contributed by atoms with Gasteiger partial charge in [0, 0.05) is 32.3 Å². The minimum absolute atomic E-state index is 0.794. The van der Waals surface area contributed by atoms with Crippen LogP contribution >= 0.6 is 0 Å². The van der Waals surface area contributed by atoms with Crippen LogP contribution in [-0.4, -0.2) is 0 Å². The average Bonchev–Trinajstić information content (AvgIpc) is 3.28. The summed E-state index contributed by atoms with van der Waals surface area (Å²) in [5, 5.41) is 6.98. The lowest BCUT2D eigenvalue weighted by molar-refractivity contribution is 0.572. The second-order valence-corrected chi connectivity index (χ2v) is 5.44. The molecule has 0 bridgehead atoms. The third-order valence-electron chi connectivity index (χ3n) is 4.44. The first-order chi connectivity index (χ1) is 10.9. The molecule has 104 valence electrons. The molecule has 22 heavy (non-hydrogen) atoms. The number of hydrogen-bond donors (Lipinski definition) is 0. The third-order valence-corrected chi connectivity index (χ3v) is 4.44. The van der Waals surface area contributed by atoms with Crippen LogP contribution < -0.4 is 0 Å². The van der Waals surface area contributed by atoms with Crippen molar-refractivity contribution in [3.05, 3.63) is 49.5 Å². The fourth-order valence-electron chi connectivity index (χ4n) is 3.54. The van der Waals surface area contributed by atoms with Gasteiger partial charge in [-0.25, -0.2) is 0 Å². The van der Waals surface area contributed by atoms with E-state index in [1.807, 2.05) is 18.2 Å². The van der Waals surface area contributed by atoms with Gasteiger partial charge in [-0.3, -0.25) is 0 Å². The summed E-state index contributed by atoms with van der Waals surface area (Å²) in [6.45, 7) is 0. The maximum Gasteiger partial charge on any atom is 0.146 e. The summed E-state index contributed by atoms with van der Waals surface area (Å²) in [6, 6.07) is 5.87. The summed E-state index contributed by atoms with van der Waals surface area (Å²) >= 11 is 0. The zero-order valence-electron chi connectivity index (χ0n) is 11.3. The van der Waals surface area contributed by atoms with E-state index >= 15 is 0 Å². The van der Waals surface area contributed by atoms with E-state index in [1.165, 1.54) is 0 Å². The van der Waals surface area contributed by atoms with Crippen molar-refractivity contribution in [1.82, 2.24) is 0 Å². The molecule has 0 radical (unpaired) electrons. The Balaban J connectivity index is 2.19. The molecule has 6 aromatic rings. The second-order valence-electron chi connectivity index (χ2n) is 5.44. The van der Waals surface area contributed by atoms with Gasteiger partial charge < -0.3 is 17.7 Å². The van der Waals surface area contributed by atoms with Gasteiger partial charge >= 0.3 is 0 Å². The molecule has 4 heterocycles. The summed E-state index contributed by atoms with van der Waals surface area (Å²) in [5.74, 6) is 0. The molecule has 0 atom stereocenters. The molecule has 0 N–H and O–H groups in total. The SMILES string of the molecule is c1cc2c3ccoc3c3c4occc4c4cocc4c3c2o1. The van der Waals surface area contributed by atoms with E-state index in [-0.39, 0.29) is 0 Å². The van der Waals surface area contributed by atoms with Crippen molar-refractivity contribution < 1.29 is 17.7 Å². The van der Waals surface area contributed by atoms with Crippen molar-refractivity contribution >= 4 is 54.5 Å². The molecule has 6 rings (SSSR count).